The van der Waals surface area contributed by atoms with Crippen molar-refractivity contribution < 1.29 is 24.2 Å². The number of aliphatic hydroxyl groups excluding tert-OH is 1. The van der Waals surface area contributed by atoms with Gasteiger partial charge in [-0.3, -0.25) is 14.6 Å². The molecule has 1 amide bonds. The number of pyridine rings is 1. The average molecular weight is 483 g/mol. The Morgan fingerprint density at radius 1 is 1.19 bits per heavy atom. The fraction of sp³-hybridized carbons (Fsp3) is 0.207. The van der Waals surface area contributed by atoms with Gasteiger partial charge in [0.1, 0.15) is 30.0 Å². The zero-order valence-electron chi connectivity index (χ0n) is 19.9. The van der Waals surface area contributed by atoms with Crippen molar-refractivity contribution in [3.8, 4) is 11.5 Å². The van der Waals surface area contributed by atoms with E-state index in [1.54, 1.807) is 60.9 Å². The van der Waals surface area contributed by atoms with E-state index >= 15 is 0 Å². The highest BCUT2D eigenvalue weighted by atomic mass is 16.5. The van der Waals surface area contributed by atoms with Crippen molar-refractivity contribution in [3.63, 3.8) is 0 Å². The Kier molecular flexibility index (Phi) is 6.29. The lowest BCUT2D eigenvalue weighted by molar-refractivity contribution is -0.140. The predicted octanol–water partition coefficient (Wildman–Crippen LogP) is 4.59. The van der Waals surface area contributed by atoms with Crippen molar-refractivity contribution in [2.24, 2.45) is 0 Å². The summed E-state index contributed by atoms with van der Waals surface area (Å²) in [7, 11) is 0. The van der Waals surface area contributed by atoms with Gasteiger partial charge >= 0.3 is 0 Å². The Morgan fingerprint density at radius 3 is 2.78 bits per heavy atom. The lowest BCUT2D eigenvalue weighted by atomic mass is 9.94. The zero-order valence-corrected chi connectivity index (χ0v) is 19.9. The number of aliphatic hydroxyl groups is 1. The molecule has 0 bridgehead atoms. The van der Waals surface area contributed by atoms with Gasteiger partial charge in [-0.05, 0) is 66.1 Å². The molecule has 1 fully saturated rings. The summed E-state index contributed by atoms with van der Waals surface area (Å²) in [5.41, 5.74) is 2.94. The molecule has 0 radical (unpaired) electrons. The van der Waals surface area contributed by atoms with E-state index in [9.17, 15) is 14.7 Å². The molecule has 3 aromatic rings. The Labute approximate surface area is 209 Å². The number of nitrogens with zero attached hydrogens (tertiary/aromatic N) is 2. The van der Waals surface area contributed by atoms with Gasteiger partial charge in [0, 0.05) is 30.9 Å². The first-order chi connectivity index (χ1) is 17.5. The molecule has 1 saturated heterocycles. The van der Waals surface area contributed by atoms with E-state index in [2.05, 4.69) is 11.6 Å². The van der Waals surface area contributed by atoms with Crippen molar-refractivity contribution in [1.29, 1.82) is 0 Å². The minimum Gasteiger partial charge on any atom is -0.507 e. The van der Waals surface area contributed by atoms with Gasteiger partial charge in [-0.15, -0.1) is 0 Å². The summed E-state index contributed by atoms with van der Waals surface area (Å²) < 4.78 is 11.5. The summed E-state index contributed by atoms with van der Waals surface area (Å²) in [5, 5.41) is 11.4. The molecule has 36 heavy (non-hydrogen) atoms. The van der Waals surface area contributed by atoms with Crippen LogP contribution in [0.2, 0.25) is 0 Å². The van der Waals surface area contributed by atoms with Gasteiger partial charge in [0.25, 0.3) is 11.7 Å². The number of ketones is 1. The molecule has 7 nitrogen and oxygen atoms in total. The van der Waals surface area contributed by atoms with Crippen LogP contribution in [0.15, 0.2) is 85.2 Å². The molecule has 0 spiro atoms. The van der Waals surface area contributed by atoms with Gasteiger partial charge in [-0.2, -0.15) is 0 Å². The molecule has 1 aromatic heterocycles. The lowest BCUT2D eigenvalue weighted by Gasteiger charge is -2.25. The van der Waals surface area contributed by atoms with Crippen LogP contribution in [-0.4, -0.2) is 39.4 Å². The van der Waals surface area contributed by atoms with Crippen LogP contribution < -0.4 is 9.47 Å². The van der Waals surface area contributed by atoms with Crippen molar-refractivity contribution in [2.45, 2.75) is 32.0 Å². The number of hydrogen-bond donors (Lipinski definition) is 1. The number of amides is 1. The molecular weight excluding hydrogens is 456 g/mol. The number of benzene rings is 2. The van der Waals surface area contributed by atoms with Crippen LogP contribution in [0.25, 0.3) is 5.76 Å². The van der Waals surface area contributed by atoms with Crippen LogP contribution in [0.4, 0.5) is 0 Å². The standard InChI is InChI=1S/C29H26N2O5/c1-3-13-35-23-6-4-5-20(16-23)26-25(27(32)21-7-8-24-22(15-21)14-18(2)36-24)28(33)29(34)31(26)17-19-9-11-30-12-10-19/h3-12,15-16,18,26,32H,1,13-14,17H2,2H3/b27-25+/t18-,26+/m1/s1. The molecule has 2 atom stereocenters. The highest BCUT2D eigenvalue weighted by Crippen LogP contribution is 2.42. The van der Waals surface area contributed by atoms with Crippen LogP contribution in [-0.2, 0) is 22.6 Å². The van der Waals surface area contributed by atoms with Gasteiger partial charge in [-0.25, -0.2) is 0 Å². The van der Waals surface area contributed by atoms with E-state index in [0.29, 0.717) is 29.9 Å². The fourth-order valence-electron chi connectivity index (χ4n) is 4.73. The highest BCUT2D eigenvalue weighted by molar-refractivity contribution is 6.46. The molecule has 1 N–H and O–H groups in total. The van der Waals surface area contributed by atoms with Crippen LogP contribution in [0.3, 0.4) is 0 Å². The Bertz CT molecular complexity index is 1370. The third-order valence-electron chi connectivity index (χ3n) is 6.35. The molecule has 2 aliphatic heterocycles. The summed E-state index contributed by atoms with van der Waals surface area (Å²) >= 11 is 0. The Hall–Kier alpha value is -4.39. The van der Waals surface area contributed by atoms with E-state index in [1.165, 1.54) is 4.90 Å². The molecule has 5 rings (SSSR count). The normalized spacial score (nSPS) is 20.2. The molecule has 2 aromatic carbocycles. The van der Waals surface area contributed by atoms with Gasteiger partial charge in [0.15, 0.2) is 0 Å². The van der Waals surface area contributed by atoms with E-state index < -0.39 is 17.7 Å². The van der Waals surface area contributed by atoms with E-state index in [1.807, 2.05) is 19.1 Å². The predicted molar refractivity (Wildman–Crippen MR) is 134 cm³/mol. The maximum absolute atomic E-state index is 13.4. The van der Waals surface area contributed by atoms with Gasteiger partial charge in [-0.1, -0.05) is 24.8 Å². The van der Waals surface area contributed by atoms with E-state index in [4.69, 9.17) is 9.47 Å². The summed E-state index contributed by atoms with van der Waals surface area (Å²) in [6.07, 6.45) is 5.66. The second-order valence-electron chi connectivity index (χ2n) is 8.91. The minimum atomic E-state index is -0.797. The maximum atomic E-state index is 13.4. The minimum absolute atomic E-state index is 0.0432. The third-order valence-corrected chi connectivity index (χ3v) is 6.35. The van der Waals surface area contributed by atoms with Crippen molar-refractivity contribution >= 4 is 17.4 Å². The highest BCUT2D eigenvalue weighted by Gasteiger charge is 2.46. The number of rotatable bonds is 7. The van der Waals surface area contributed by atoms with Gasteiger partial charge < -0.3 is 19.5 Å². The quantitative estimate of drug-likeness (QED) is 0.229. The monoisotopic (exact) mass is 482 g/mol. The number of ether oxygens (including phenoxy) is 2. The fourth-order valence-corrected chi connectivity index (χ4v) is 4.73. The van der Waals surface area contributed by atoms with Crippen LogP contribution in [0.5, 0.6) is 11.5 Å². The molecule has 3 heterocycles. The molecule has 7 heteroatoms. The first-order valence-electron chi connectivity index (χ1n) is 11.8. The SMILES string of the molecule is C=CCOc1cccc([C@H]2/C(=C(\O)c3ccc4c(c3)C[C@@H](C)O4)C(=O)C(=O)N2Cc2ccncc2)c1. The van der Waals surface area contributed by atoms with Crippen molar-refractivity contribution in [2.75, 3.05) is 6.61 Å². The molecular formula is C29H26N2O5. The zero-order chi connectivity index (χ0) is 25.2. The molecule has 0 unspecified atom stereocenters. The molecule has 2 aliphatic rings. The number of hydrogen-bond acceptors (Lipinski definition) is 6. The van der Waals surface area contributed by atoms with E-state index in [0.717, 1.165) is 16.9 Å². The van der Waals surface area contributed by atoms with Crippen LogP contribution in [0, 0.1) is 0 Å². The van der Waals surface area contributed by atoms with Gasteiger partial charge in [0.05, 0.1) is 11.6 Å². The van der Waals surface area contributed by atoms with Crippen molar-refractivity contribution in [3.05, 3.63) is 107 Å². The smallest absolute Gasteiger partial charge is 0.295 e. The van der Waals surface area contributed by atoms with Crippen molar-refractivity contribution in [1.82, 2.24) is 9.88 Å². The summed E-state index contributed by atoms with van der Waals surface area (Å²) in [6, 6.07) is 15.3. The number of carbonyl (C=O) groups is 2. The summed E-state index contributed by atoms with van der Waals surface area (Å²) in [5.74, 6) is -0.273. The third kappa shape index (κ3) is 4.35. The van der Waals surface area contributed by atoms with E-state index in [-0.39, 0.29) is 24.0 Å². The maximum Gasteiger partial charge on any atom is 0.295 e. The number of carbonyl (C=O) groups excluding carboxylic acids is 2. The van der Waals surface area contributed by atoms with Crippen LogP contribution in [0.1, 0.15) is 35.2 Å². The number of likely N-dealkylation sites (tertiary alicyclic amines) is 1. The first-order valence-corrected chi connectivity index (χ1v) is 11.8. The first kappa shape index (κ1) is 23.4. The van der Waals surface area contributed by atoms with Crippen LogP contribution >= 0.6 is 0 Å². The largest absolute Gasteiger partial charge is 0.507 e. The second kappa shape index (κ2) is 9.70. The summed E-state index contributed by atoms with van der Waals surface area (Å²) in [6.45, 7) is 6.15. The molecule has 0 aliphatic carbocycles. The summed E-state index contributed by atoms with van der Waals surface area (Å²) in [4.78, 5) is 32.1. The second-order valence-corrected chi connectivity index (χ2v) is 8.91. The molecule has 182 valence electrons. The molecule has 0 saturated carbocycles. The lowest BCUT2D eigenvalue weighted by Crippen LogP contribution is -2.29. The van der Waals surface area contributed by atoms with Gasteiger partial charge in [0.2, 0.25) is 0 Å². The number of aromatic nitrogens is 1. The average Bonchev–Trinajstić information content (AvgIpc) is 3.39. The number of Topliss-reactive ketones (excluding diaryl/α,β-unsaturated/α-hetero) is 1. The Morgan fingerprint density at radius 2 is 2.00 bits per heavy atom. The topological polar surface area (TPSA) is 89.0 Å². The number of fused-ring (bicyclic) bond motifs is 1. The Balaban J connectivity index is 1.62.